The molecule has 5 aliphatic rings. The molecule has 6 rings (SSSR count). The van der Waals surface area contributed by atoms with Crippen LogP contribution < -0.4 is 0 Å². The summed E-state index contributed by atoms with van der Waals surface area (Å²) in [5.74, 6) is 2.58. The quantitative estimate of drug-likeness (QED) is 0.661. The molecule has 4 aliphatic carbocycles. The van der Waals surface area contributed by atoms with E-state index in [1.807, 2.05) is 12.4 Å². The Kier molecular flexibility index (Phi) is 3.74. The molecule has 3 heteroatoms. The lowest BCUT2D eigenvalue weighted by molar-refractivity contribution is -0.137. The molecule has 0 radical (unpaired) electrons. The van der Waals surface area contributed by atoms with Gasteiger partial charge in [0.2, 0.25) is 5.91 Å². The van der Waals surface area contributed by atoms with Crippen molar-refractivity contribution in [2.24, 2.45) is 28.6 Å². The first-order chi connectivity index (χ1) is 14.0. The van der Waals surface area contributed by atoms with Crippen molar-refractivity contribution in [2.75, 3.05) is 0 Å². The van der Waals surface area contributed by atoms with Gasteiger partial charge in [-0.2, -0.15) is 0 Å². The Bertz CT molecular complexity index is 914. The smallest absolute Gasteiger partial charge is 0.227 e. The van der Waals surface area contributed by atoms with E-state index in [2.05, 4.69) is 48.0 Å². The van der Waals surface area contributed by atoms with Gasteiger partial charge >= 0.3 is 0 Å². The van der Waals surface area contributed by atoms with Gasteiger partial charge in [-0.3, -0.25) is 9.78 Å². The van der Waals surface area contributed by atoms with E-state index >= 15 is 0 Å². The molecule has 2 heterocycles. The molecular formula is C26H32N2O. The molecule has 0 N–H and O–H groups in total. The number of likely N-dealkylation sites (tertiary alicyclic amines) is 1. The number of allylic oxidation sites excluding steroid dienone is 4. The van der Waals surface area contributed by atoms with Crippen LogP contribution in [0, 0.1) is 28.6 Å². The van der Waals surface area contributed by atoms with E-state index in [4.69, 9.17) is 0 Å². The number of carbonyl (C=O) groups is 1. The van der Waals surface area contributed by atoms with E-state index < -0.39 is 0 Å². The van der Waals surface area contributed by atoms with Crippen LogP contribution in [-0.2, 0) is 4.79 Å². The Balaban J connectivity index is 1.35. The number of carbonyl (C=O) groups excluding carboxylic acids is 1. The van der Waals surface area contributed by atoms with Crippen LogP contribution in [-0.4, -0.2) is 21.8 Å². The highest BCUT2D eigenvalue weighted by Crippen LogP contribution is 2.66. The van der Waals surface area contributed by atoms with Crippen LogP contribution in [0.5, 0.6) is 0 Å². The summed E-state index contributed by atoms with van der Waals surface area (Å²) in [6.45, 7) is 5.02. The van der Waals surface area contributed by atoms with Gasteiger partial charge in [0, 0.05) is 36.0 Å². The van der Waals surface area contributed by atoms with Crippen molar-refractivity contribution >= 4 is 11.5 Å². The van der Waals surface area contributed by atoms with Gasteiger partial charge in [-0.1, -0.05) is 26.0 Å². The summed E-state index contributed by atoms with van der Waals surface area (Å²) in [6.07, 6.45) is 18.0. The first-order valence-electron chi connectivity index (χ1n) is 11.7. The van der Waals surface area contributed by atoms with Crippen LogP contribution in [0.2, 0.25) is 0 Å². The summed E-state index contributed by atoms with van der Waals surface area (Å²) < 4.78 is 0. The third-order valence-electron chi connectivity index (χ3n) is 9.29. The molecule has 1 aromatic heterocycles. The van der Waals surface area contributed by atoms with E-state index in [0.717, 1.165) is 37.0 Å². The first kappa shape index (κ1) is 17.9. The molecule has 1 amide bonds. The molecule has 0 bridgehead atoms. The van der Waals surface area contributed by atoms with Gasteiger partial charge in [-0.15, -0.1) is 0 Å². The van der Waals surface area contributed by atoms with Crippen LogP contribution in [0.4, 0.5) is 0 Å². The number of rotatable bonds is 2. The first-order valence-corrected chi connectivity index (χ1v) is 11.7. The van der Waals surface area contributed by atoms with Gasteiger partial charge in [0.25, 0.3) is 0 Å². The molecule has 1 aliphatic heterocycles. The summed E-state index contributed by atoms with van der Waals surface area (Å²) in [6, 6.07) is 4.88. The maximum absolute atomic E-state index is 12.7. The number of piperidine rings is 1. The normalized spacial score (nSPS) is 41.2. The second-order valence-corrected chi connectivity index (χ2v) is 10.7. The van der Waals surface area contributed by atoms with Gasteiger partial charge in [-0.05, 0) is 91.4 Å². The molecule has 152 valence electrons. The van der Waals surface area contributed by atoms with Gasteiger partial charge in [0.05, 0.1) is 0 Å². The zero-order valence-electron chi connectivity index (χ0n) is 17.7. The molecule has 3 fully saturated rings. The molecule has 1 saturated heterocycles. The van der Waals surface area contributed by atoms with Crippen molar-refractivity contribution in [1.82, 2.24) is 9.88 Å². The topological polar surface area (TPSA) is 33.2 Å². The largest absolute Gasteiger partial charge is 0.313 e. The Labute approximate surface area is 174 Å². The average molecular weight is 389 g/mol. The fourth-order valence-electron chi connectivity index (χ4n) is 7.67. The van der Waals surface area contributed by atoms with E-state index in [9.17, 15) is 4.79 Å². The molecule has 1 aromatic rings. The molecular weight excluding hydrogens is 356 g/mol. The predicted molar refractivity (Wildman–Crippen MR) is 115 cm³/mol. The minimum absolute atomic E-state index is 0.195. The summed E-state index contributed by atoms with van der Waals surface area (Å²) in [4.78, 5) is 19.2. The van der Waals surface area contributed by atoms with Gasteiger partial charge in [0.15, 0.2) is 0 Å². The molecule has 3 nitrogen and oxygen atoms in total. The van der Waals surface area contributed by atoms with E-state index in [1.54, 1.807) is 5.57 Å². The molecule has 5 atom stereocenters. The van der Waals surface area contributed by atoms with Crippen molar-refractivity contribution < 1.29 is 4.79 Å². The number of hydrogen-bond donors (Lipinski definition) is 0. The number of hydrogen-bond acceptors (Lipinski definition) is 2. The van der Waals surface area contributed by atoms with Crippen molar-refractivity contribution in [2.45, 2.75) is 71.3 Å². The lowest BCUT2D eigenvalue weighted by atomic mass is 9.49. The van der Waals surface area contributed by atoms with Gasteiger partial charge in [-0.25, -0.2) is 0 Å². The highest BCUT2D eigenvalue weighted by atomic mass is 16.2. The highest BCUT2D eigenvalue weighted by molar-refractivity contribution is 5.81. The standard InChI is InChI=1S/C26H32N2O/c1-25-13-9-22-19(21(25)7-6-20(25)17-11-15-27-16-12-17)5-8-23-26(22,2)14-10-24(29)28(23)18-3-4-18/h6,8,11-12,15-16,18-19,21-22H,3-5,7,9-10,13-14H2,1-2H3/t19-,21-,22-,25+,26+/m0/s1. The fourth-order valence-corrected chi connectivity index (χ4v) is 7.67. The highest BCUT2D eigenvalue weighted by Gasteiger charge is 2.59. The SMILES string of the molecule is C[C@]12CCC(=O)N(C3CC3)C1=CC[C@@H]1[C@@H]2CC[C@]2(C)C(c3ccncc3)=CC[C@@H]12. The Morgan fingerprint density at radius 1 is 0.966 bits per heavy atom. The summed E-state index contributed by atoms with van der Waals surface area (Å²) in [5, 5.41) is 0. The van der Waals surface area contributed by atoms with Crippen LogP contribution >= 0.6 is 0 Å². The van der Waals surface area contributed by atoms with Crippen LogP contribution in [0.15, 0.2) is 42.4 Å². The van der Waals surface area contributed by atoms with Crippen molar-refractivity contribution in [3.05, 3.63) is 47.9 Å². The van der Waals surface area contributed by atoms with Gasteiger partial charge in [0.1, 0.15) is 0 Å². The predicted octanol–water partition coefficient (Wildman–Crippen LogP) is 5.60. The third kappa shape index (κ3) is 2.42. The lowest BCUT2D eigenvalue weighted by Crippen LogP contribution is -2.54. The van der Waals surface area contributed by atoms with E-state index in [-0.39, 0.29) is 10.8 Å². The second kappa shape index (κ2) is 6.06. The number of pyridine rings is 1. The number of nitrogens with zero attached hydrogens (tertiary/aromatic N) is 2. The number of aromatic nitrogens is 1. The maximum atomic E-state index is 12.7. The fraction of sp³-hybridized carbons (Fsp3) is 0.615. The Morgan fingerprint density at radius 3 is 2.52 bits per heavy atom. The zero-order valence-corrected chi connectivity index (χ0v) is 17.7. The van der Waals surface area contributed by atoms with Crippen LogP contribution in [0.1, 0.15) is 70.8 Å². The molecule has 29 heavy (non-hydrogen) atoms. The van der Waals surface area contributed by atoms with Crippen molar-refractivity contribution in [1.29, 1.82) is 0 Å². The molecule has 0 aromatic carbocycles. The number of amides is 1. The van der Waals surface area contributed by atoms with Crippen molar-refractivity contribution in [3.8, 4) is 0 Å². The molecule has 2 saturated carbocycles. The van der Waals surface area contributed by atoms with Crippen LogP contribution in [0.3, 0.4) is 0 Å². The summed E-state index contributed by atoms with van der Waals surface area (Å²) in [5.41, 5.74) is 4.80. The minimum Gasteiger partial charge on any atom is -0.313 e. The Morgan fingerprint density at radius 2 is 1.76 bits per heavy atom. The average Bonchev–Trinajstić information content (AvgIpc) is 3.49. The van der Waals surface area contributed by atoms with E-state index in [0.29, 0.717) is 11.9 Å². The molecule has 0 spiro atoms. The third-order valence-corrected chi connectivity index (χ3v) is 9.29. The van der Waals surface area contributed by atoms with Crippen molar-refractivity contribution in [3.63, 3.8) is 0 Å². The summed E-state index contributed by atoms with van der Waals surface area (Å²) >= 11 is 0. The number of fused-ring (bicyclic) bond motifs is 5. The maximum Gasteiger partial charge on any atom is 0.227 e. The van der Waals surface area contributed by atoms with Crippen LogP contribution in [0.25, 0.3) is 5.57 Å². The van der Waals surface area contributed by atoms with E-state index in [1.165, 1.54) is 43.4 Å². The second-order valence-electron chi connectivity index (χ2n) is 10.7. The van der Waals surface area contributed by atoms with Gasteiger partial charge < -0.3 is 4.90 Å². The molecule has 0 unspecified atom stereocenters. The summed E-state index contributed by atoms with van der Waals surface area (Å²) in [7, 11) is 0. The minimum atomic E-state index is 0.195. The monoisotopic (exact) mass is 388 g/mol. The lowest BCUT2D eigenvalue weighted by Gasteiger charge is -2.58. The Hall–Kier alpha value is -1.90. The zero-order chi connectivity index (χ0) is 19.8.